The van der Waals surface area contributed by atoms with Gasteiger partial charge >= 0.3 is 6.36 Å². The number of amides is 1. The molecule has 0 saturated heterocycles. The summed E-state index contributed by atoms with van der Waals surface area (Å²) < 4.78 is 56.2. The van der Waals surface area contributed by atoms with Crippen LogP contribution in [-0.2, 0) is 0 Å². The van der Waals surface area contributed by atoms with Crippen LogP contribution in [0.5, 0.6) is 5.75 Å². The molecule has 1 amide bonds. The van der Waals surface area contributed by atoms with Gasteiger partial charge in [-0.3, -0.25) is 4.79 Å². The normalized spacial score (nSPS) is 13.3. The number of nitrogens with two attached hydrogens (primary N) is 1. The van der Waals surface area contributed by atoms with Crippen molar-refractivity contribution in [3.63, 3.8) is 0 Å². The summed E-state index contributed by atoms with van der Waals surface area (Å²) in [6.07, 6.45) is -1.95. The Morgan fingerprint density at radius 3 is 2.58 bits per heavy atom. The van der Waals surface area contributed by atoms with Gasteiger partial charge in [-0.15, -0.1) is 18.3 Å². The molecule has 12 heteroatoms. The second-order valence-corrected chi connectivity index (χ2v) is 7.46. The number of hydrogen-bond acceptors (Lipinski definition) is 6. The number of nitrogens with one attached hydrogen (secondary N) is 1. The predicted molar refractivity (Wildman–Crippen MR) is 102 cm³/mol. The van der Waals surface area contributed by atoms with Gasteiger partial charge in [-0.2, -0.15) is 0 Å². The van der Waals surface area contributed by atoms with Crippen LogP contribution in [0.25, 0.3) is 5.65 Å². The zero-order valence-electron chi connectivity index (χ0n) is 16.7. The summed E-state index contributed by atoms with van der Waals surface area (Å²) in [5.41, 5.74) is 5.10. The molecule has 3 aromatic rings. The third kappa shape index (κ3) is 4.85. The summed E-state index contributed by atoms with van der Waals surface area (Å²) in [5, 5.41) is 17.1. The maximum atomic E-state index is 14.2. The molecule has 0 aliphatic carbocycles. The van der Waals surface area contributed by atoms with E-state index in [1.807, 2.05) is 0 Å². The third-order valence-corrected chi connectivity index (χ3v) is 4.35. The number of carbonyl (C=O) groups excluding carboxylic acids is 1. The van der Waals surface area contributed by atoms with Crippen molar-refractivity contribution < 1.29 is 32.2 Å². The molecular weight excluding hydrogens is 422 g/mol. The summed E-state index contributed by atoms with van der Waals surface area (Å²) in [5.74, 6) is -3.23. The average Bonchev–Trinajstić information content (AvgIpc) is 2.94. The van der Waals surface area contributed by atoms with Crippen LogP contribution in [0.4, 0.5) is 23.4 Å². The summed E-state index contributed by atoms with van der Waals surface area (Å²) in [6, 6.07) is 1.39. The molecule has 2 aromatic heterocycles. The summed E-state index contributed by atoms with van der Waals surface area (Å²) in [7, 11) is 0. The average molecular weight is 441 g/mol. The first-order valence-electron chi connectivity index (χ1n) is 8.95. The van der Waals surface area contributed by atoms with Crippen LogP contribution in [0, 0.1) is 12.7 Å². The van der Waals surface area contributed by atoms with Gasteiger partial charge in [-0.25, -0.2) is 13.9 Å². The van der Waals surface area contributed by atoms with Gasteiger partial charge in [0.25, 0.3) is 5.91 Å². The zero-order chi connectivity index (χ0) is 23.1. The molecule has 1 aromatic carbocycles. The van der Waals surface area contributed by atoms with Gasteiger partial charge < -0.3 is 20.9 Å². The number of halogens is 4. The lowest BCUT2D eigenvalue weighted by Crippen LogP contribution is -2.42. The molecule has 1 atom stereocenters. The van der Waals surface area contributed by atoms with Gasteiger partial charge in [0.1, 0.15) is 5.56 Å². The monoisotopic (exact) mass is 441 g/mol. The maximum Gasteiger partial charge on any atom is 0.573 e. The van der Waals surface area contributed by atoms with Crippen molar-refractivity contribution in [2.75, 3.05) is 5.73 Å². The second-order valence-electron chi connectivity index (χ2n) is 7.46. The highest BCUT2D eigenvalue weighted by Crippen LogP contribution is 2.32. The SMILES string of the molecule is Cc1cnc2c(C(=O)N[C@@H](c3ccc(OC(F)(F)F)c(F)c3)C(C)(C)O)c(N)nn2c1. The molecule has 0 radical (unpaired) electrons. The van der Waals surface area contributed by atoms with Crippen molar-refractivity contribution in [2.24, 2.45) is 0 Å². The van der Waals surface area contributed by atoms with E-state index in [1.165, 1.54) is 24.6 Å². The lowest BCUT2D eigenvalue weighted by atomic mass is 9.91. The Morgan fingerprint density at radius 1 is 1.32 bits per heavy atom. The Bertz CT molecular complexity index is 1140. The first-order valence-corrected chi connectivity index (χ1v) is 8.95. The molecule has 0 unspecified atom stereocenters. The third-order valence-electron chi connectivity index (χ3n) is 4.35. The van der Waals surface area contributed by atoms with Gasteiger partial charge in [-0.05, 0) is 44.0 Å². The standard InChI is InChI=1S/C19H19F4N5O3/c1-9-7-25-16-13(15(24)27-28(16)8-9)17(29)26-14(18(2,3)30)10-4-5-12(11(20)6-10)31-19(21,22)23/h4-8,14,30H,1-3H3,(H2,24,27)(H,26,29)/t14-/m0/s1. The second kappa shape index (κ2) is 7.69. The highest BCUT2D eigenvalue weighted by Gasteiger charge is 2.35. The number of rotatable bonds is 5. The highest BCUT2D eigenvalue weighted by molar-refractivity contribution is 6.04. The summed E-state index contributed by atoms with van der Waals surface area (Å²) in [4.78, 5) is 17.1. The fourth-order valence-electron chi connectivity index (χ4n) is 3.04. The fourth-order valence-corrected chi connectivity index (χ4v) is 3.04. The number of aliphatic hydroxyl groups is 1. The van der Waals surface area contributed by atoms with Gasteiger partial charge in [0.2, 0.25) is 0 Å². The fraction of sp³-hybridized carbons (Fsp3) is 0.316. The number of aryl methyl sites for hydroxylation is 1. The topological polar surface area (TPSA) is 115 Å². The van der Waals surface area contributed by atoms with Crippen molar-refractivity contribution in [1.82, 2.24) is 19.9 Å². The van der Waals surface area contributed by atoms with E-state index in [4.69, 9.17) is 5.73 Å². The first kappa shape index (κ1) is 22.3. The largest absolute Gasteiger partial charge is 0.573 e. The van der Waals surface area contributed by atoms with E-state index < -0.39 is 35.5 Å². The van der Waals surface area contributed by atoms with E-state index in [0.717, 1.165) is 23.8 Å². The molecule has 0 aliphatic rings. The Hall–Kier alpha value is -3.41. The molecule has 0 bridgehead atoms. The van der Waals surface area contributed by atoms with Crippen LogP contribution in [-0.4, -0.2) is 37.6 Å². The number of fused-ring (bicyclic) bond motifs is 1. The number of ether oxygens (including phenoxy) is 1. The van der Waals surface area contributed by atoms with Crippen LogP contribution in [0.2, 0.25) is 0 Å². The number of alkyl halides is 3. The van der Waals surface area contributed by atoms with Gasteiger partial charge in [-0.1, -0.05) is 6.07 Å². The Labute approximate surface area is 173 Å². The molecule has 0 spiro atoms. The lowest BCUT2D eigenvalue weighted by molar-refractivity contribution is -0.275. The van der Waals surface area contributed by atoms with Crippen LogP contribution in [0.3, 0.4) is 0 Å². The van der Waals surface area contributed by atoms with Gasteiger partial charge in [0, 0.05) is 12.4 Å². The van der Waals surface area contributed by atoms with Crippen molar-refractivity contribution in [1.29, 1.82) is 0 Å². The Morgan fingerprint density at radius 2 is 2.00 bits per heavy atom. The number of hydrogen-bond donors (Lipinski definition) is 3. The molecule has 2 heterocycles. The van der Waals surface area contributed by atoms with Crippen LogP contribution in [0.1, 0.15) is 41.4 Å². The smallest absolute Gasteiger partial charge is 0.403 e. The molecule has 0 saturated carbocycles. The Kier molecular flexibility index (Phi) is 5.53. The van der Waals surface area contributed by atoms with Crippen LogP contribution in [0.15, 0.2) is 30.6 Å². The highest BCUT2D eigenvalue weighted by atomic mass is 19.4. The van der Waals surface area contributed by atoms with Crippen molar-refractivity contribution >= 4 is 17.4 Å². The number of nitrogens with zero attached hydrogens (tertiary/aromatic N) is 3. The van der Waals surface area contributed by atoms with E-state index in [-0.39, 0.29) is 22.6 Å². The molecule has 0 fully saturated rings. The number of aromatic nitrogens is 3. The lowest BCUT2D eigenvalue weighted by Gasteiger charge is -2.30. The molecule has 8 nitrogen and oxygen atoms in total. The number of carbonyl (C=O) groups is 1. The summed E-state index contributed by atoms with van der Waals surface area (Å²) in [6.45, 7) is 4.46. The van der Waals surface area contributed by atoms with Gasteiger partial charge in [0.15, 0.2) is 23.0 Å². The van der Waals surface area contributed by atoms with Crippen molar-refractivity contribution in [3.05, 3.63) is 53.1 Å². The molecule has 31 heavy (non-hydrogen) atoms. The quantitative estimate of drug-likeness (QED) is 0.525. The minimum atomic E-state index is -5.07. The molecule has 3 rings (SSSR count). The van der Waals surface area contributed by atoms with E-state index in [9.17, 15) is 27.5 Å². The van der Waals surface area contributed by atoms with E-state index >= 15 is 0 Å². The molecular formula is C19H19F4N5O3. The predicted octanol–water partition coefficient (Wildman–Crippen LogP) is 2.90. The minimum Gasteiger partial charge on any atom is -0.403 e. The number of anilines is 1. The zero-order valence-corrected chi connectivity index (χ0v) is 16.7. The van der Waals surface area contributed by atoms with E-state index in [2.05, 4.69) is 20.1 Å². The van der Waals surface area contributed by atoms with Crippen molar-refractivity contribution in [2.45, 2.75) is 38.8 Å². The van der Waals surface area contributed by atoms with E-state index in [1.54, 1.807) is 13.1 Å². The molecule has 166 valence electrons. The van der Waals surface area contributed by atoms with Crippen molar-refractivity contribution in [3.8, 4) is 5.75 Å². The van der Waals surface area contributed by atoms with E-state index in [0.29, 0.717) is 0 Å². The molecule has 4 N–H and O–H groups in total. The number of nitrogen functional groups attached to an aromatic ring is 1. The maximum absolute atomic E-state index is 14.2. The Balaban J connectivity index is 1.96. The molecule has 0 aliphatic heterocycles. The van der Waals surface area contributed by atoms with Gasteiger partial charge in [0.05, 0.1) is 11.6 Å². The van der Waals surface area contributed by atoms with Crippen LogP contribution < -0.4 is 15.8 Å². The van der Waals surface area contributed by atoms with Crippen LogP contribution >= 0.6 is 0 Å². The minimum absolute atomic E-state index is 0.00623. The number of benzene rings is 1. The first-order chi connectivity index (χ1) is 14.3. The summed E-state index contributed by atoms with van der Waals surface area (Å²) >= 11 is 0.